The van der Waals surface area contributed by atoms with Crippen molar-refractivity contribution in [2.24, 2.45) is 11.8 Å². The van der Waals surface area contributed by atoms with Crippen LogP contribution in [0, 0.1) is 30.4 Å². The summed E-state index contributed by atoms with van der Waals surface area (Å²) in [6, 6.07) is 3.20. The molecule has 0 aromatic heterocycles. The Bertz CT molecular complexity index is 615. The van der Waals surface area contributed by atoms with Crippen LogP contribution in [0.25, 0.3) is 0 Å². The Morgan fingerprint density at radius 2 is 1.50 bits per heavy atom. The van der Waals surface area contributed by atoms with Crippen molar-refractivity contribution in [1.29, 1.82) is 0 Å². The van der Waals surface area contributed by atoms with E-state index in [2.05, 4.69) is 6.92 Å². The standard InChI is InChI=1S/C21H28F4O/c1-13-3-8-16(9-4-13)21(24,25)26-17-10-6-15(7-11-17)18-12-5-14(2)19(22)20(18)23/h5,12-13,15-17H,3-4,6-11H2,1-2H3. The molecule has 0 N–H and O–H groups in total. The van der Waals surface area contributed by atoms with Gasteiger partial charge in [0.1, 0.15) is 0 Å². The summed E-state index contributed by atoms with van der Waals surface area (Å²) in [4.78, 5) is 0. The van der Waals surface area contributed by atoms with E-state index in [9.17, 15) is 17.6 Å². The van der Waals surface area contributed by atoms with Gasteiger partial charge in [0.05, 0.1) is 12.0 Å². The van der Waals surface area contributed by atoms with Gasteiger partial charge in [0.25, 0.3) is 0 Å². The fourth-order valence-electron chi connectivity index (χ4n) is 4.38. The lowest BCUT2D eigenvalue weighted by Gasteiger charge is -2.36. The summed E-state index contributed by atoms with van der Waals surface area (Å²) in [7, 11) is 0. The zero-order valence-electron chi connectivity index (χ0n) is 15.5. The predicted octanol–water partition coefficient (Wildman–Crippen LogP) is 6.74. The van der Waals surface area contributed by atoms with Crippen molar-refractivity contribution in [2.75, 3.05) is 0 Å². The first-order valence-corrected chi connectivity index (χ1v) is 9.78. The number of alkyl halides is 2. The van der Waals surface area contributed by atoms with E-state index in [1.165, 1.54) is 6.92 Å². The Labute approximate surface area is 153 Å². The predicted molar refractivity (Wildman–Crippen MR) is 93.2 cm³/mol. The van der Waals surface area contributed by atoms with Crippen LogP contribution in [0.3, 0.4) is 0 Å². The van der Waals surface area contributed by atoms with Crippen LogP contribution < -0.4 is 0 Å². The van der Waals surface area contributed by atoms with Gasteiger partial charge in [0.2, 0.25) is 0 Å². The van der Waals surface area contributed by atoms with Gasteiger partial charge < -0.3 is 4.74 Å². The van der Waals surface area contributed by atoms with Gasteiger partial charge in [-0.05, 0) is 68.4 Å². The van der Waals surface area contributed by atoms with Gasteiger partial charge in [-0.15, -0.1) is 0 Å². The molecule has 1 nitrogen and oxygen atoms in total. The molecule has 2 saturated carbocycles. The number of ether oxygens (including phenoxy) is 1. The number of halogens is 4. The zero-order chi connectivity index (χ0) is 18.9. The molecule has 0 heterocycles. The summed E-state index contributed by atoms with van der Waals surface area (Å²) in [5.74, 6) is -1.91. The van der Waals surface area contributed by atoms with Crippen LogP contribution in [0.15, 0.2) is 12.1 Å². The van der Waals surface area contributed by atoms with Crippen molar-refractivity contribution in [3.05, 3.63) is 34.9 Å². The quantitative estimate of drug-likeness (QED) is 0.532. The van der Waals surface area contributed by atoms with Crippen LogP contribution in [0.2, 0.25) is 0 Å². The number of rotatable bonds is 4. The Balaban J connectivity index is 1.56. The van der Waals surface area contributed by atoms with E-state index in [1.807, 2.05) is 0 Å². The maximum Gasteiger partial charge on any atom is 0.358 e. The molecule has 0 atom stereocenters. The average Bonchev–Trinajstić information content (AvgIpc) is 2.61. The third kappa shape index (κ3) is 4.24. The van der Waals surface area contributed by atoms with Crippen LogP contribution >= 0.6 is 0 Å². The molecule has 0 amide bonds. The normalized spacial score (nSPS) is 30.4. The van der Waals surface area contributed by atoms with Crippen LogP contribution in [0.1, 0.15) is 75.3 Å². The molecule has 0 unspecified atom stereocenters. The van der Waals surface area contributed by atoms with E-state index in [0.717, 1.165) is 12.8 Å². The first kappa shape index (κ1) is 19.7. The summed E-state index contributed by atoms with van der Waals surface area (Å²) < 4.78 is 62.1. The third-order valence-electron chi connectivity index (χ3n) is 6.23. The molecule has 3 rings (SSSR count). The molecular formula is C21H28F4O. The summed E-state index contributed by atoms with van der Waals surface area (Å²) in [6.07, 6.45) is 1.09. The number of hydrogen-bond donors (Lipinski definition) is 0. The van der Waals surface area contributed by atoms with E-state index in [4.69, 9.17) is 4.74 Å². The highest BCUT2D eigenvalue weighted by atomic mass is 19.3. The third-order valence-corrected chi connectivity index (χ3v) is 6.23. The first-order valence-electron chi connectivity index (χ1n) is 9.78. The summed E-state index contributed by atoms with van der Waals surface area (Å²) in [5.41, 5.74) is 0.643. The topological polar surface area (TPSA) is 9.23 Å². The SMILES string of the molecule is Cc1ccc(C2CCC(OC(F)(F)C3CCC(C)CC3)CC2)c(F)c1F. The van der Waals surface area contributed by atoms with E-state index in [0.29, 0.717) is 50.0 Å². The molecule has 146 valence electrons. The lowest BCUT2D eigenvalue weighted by Crippen LogP contribution is -2.38. The molecule has 2 aliphatic carbocycles. The largest absolute Gasteiger partial charge is 0.358 e. The molecule has 0 aliphatic heterocycles. The van der Waals surface area contributed by atoms with E-state index in [1.54, 1.807) is 12.1 Å². The molecular weight excluding hydrogens is 344 g/mol. The number of hydrogen-bond acceptors (Lipinski definition) is 1. The molecule has 26 heavy (non-hydrogen) atoms. The van der Waals surface area contributed by atoms with E-state index in [-0.39, 0.29) is 11.5 Å². The van der Waals surface area contributed by atoms with Crippen LogP contribution in [0.5, 0.6) is 0 Å². The fraction of sp³-hybridized carbons (Fsp3) is 0.714. The van der Waals surface area contributed by atoms with Gasteiger partial charge in [-0.2, -0.15) is 8.78 Å². The Hall–Kier alpha value is -1.10. The lowest BCUT2D eigenvalue weighted by molar-refractivity contribution is -0.301. The van der Waals surface area contributed by atoms with Crippen molar-refractivity contribution in [3.8, 4) is 0 Å². The van der Waals surface area contributed by atoms with Gasteiger partial charge in [0.15, 0.2) is 11.6 Å². The molecule has 0 bridgehead atoms. The molecule has 2 fully saturated rings. The highest BCUT2D eigenvalue weighted by Crippen LogP contribution is 2.43. The second kappa shape index (κ2) is 7.87. The minimum atomic E-state index is -3.08. The molecule has 2 aliphatic rings. The minimum absolute atomic E-state index is 0.130. The molecule has 5 heteroatoms. The van der Waals surface area contributed by atoms with E-state index >= 15 is 0 Å². The van der Waals surface area contributed by atoms with Crippen molar-refractivity contribution in [2.45, 2.75) is 83.3 Å². The highest BCUT2D eigenvalue weighted by Gasteiger charge is 2.44. The Morgan fingerprint density at radius 1 is 0.885 bits per heavy atom. The highest BCUT2D eigenvalue weighted by molar-refractivity contribution is 5.28. The maximum absolute atomic E-state index is 14.5. The summed E-state index contributed by atoms with van der Waals surface area (Å²) in [6.45, 7) is 3.63. The molecule has 0 spiro atoms. The Kier molecular flexibility index (Phi) is 5.95. The van der Waals surface area contributed by atoms with Gasteiger partial charge >= 0.3 is 6.11 Å². The average molecular weight is 372 g/mol. The van der Waals surface area contributed by atoms with Crippen LogP contribution in [0.4, 0.5) is 17.6 Å². The number of aryl methyl sites for hydroxylation is 1. The van der Waals surface area contributed by atoms with Gasteiger partial charge in [-0.25, -0.2) is 8.78 Å². The second-order valence-electron chi connectivity index (χ2n) is 8.21. The molecule has 1 aromatic rings. The monoisotopic (exact) mass is 372 g/mol. The summed E-state index contributed by atoms with van der Waals surface area (Å²) >= 11 is 0. The van der Waals surface area contributed by atoms with Crippen LogP contribution in [-0.2, 0) is 4.74 Å². The van der Waals surface area contributed by atoms with E-state index < -0.39 is 29.8 Å². The van der Waals surface area contributed by atoms with Crippen LogP contribution in [-0.4, -0.2) is 12.2 Å². The minimum Gasteiger partial charge on any atom is -0.317 e. The lowest BCUT2D eigenvalue weighted by atomic mass is 9.81. The van der Waals surface area contributed by atoms with Crippen molar-refractivity contribution in [3.63, 3.8) is 0 Å². The maximum atomic E-state index is 14.5. The van der Waals surface area contributed by atoms with Gasteiger partial charge in [-0.1, -0.05) is 31.9 Å². The van der Waals surface area contributed by atoms with Gasteiger partial charge in [-0.3, -0.25) is 0 Å². The van der Waals surface area contributed by atoms with Gasteiger partial charge in [0, 0.05) is 0 Å². The van der Waals surface area contributed by atoms with Crippen molar-refractivity contribution >= 4 is 0 Å². The summed E-state index contributed by atoms with van der Waals surface area (Å²) in [5, 5.41) is 0. The smallest absolute Gasteiger partial charge is 0.317 e. The zero-order valence-corrected chi connectivity index (χ0v) is 15.5. The molecule has 0 radical (unpaired) electrons. The Morgan fingerprint density at radius 3 is 2.12 bits per heavy atom. The first-order chi connectivity index (χ1) is 12.3. The molecule has 1 aromatic carbocycles. The fourth-order valence-corrected chi connectivity index (χ4v) is 4.38. The number of benzene rings is 1. The van der Waals surface area contributed by atoms with Crippen molar-refractivity contribution in [1.82, 2.24) is 0 Å². The molecule has 0 saturated heterocycles. The second-order valence-corrected chi connectivity index (χ2v) is 8.21. The van der Waals surface area contributed by atoms with Crippen molar-refractivity contribution < 1.29 is 22.3 Å².